The predicted molar refractivity (Wildman–Crippen MR) is 74.0 cm³/mol. The summed E-state index contributed by atoms with van der Waals surface area (Å²) < 4.78 is 28.8. The van der Waals surface area contributed by atoms with Gasteiger partial charge in [0, 0.05) is 31.1 Å². The summed E-state index contributed by atoms with van der Waals surface area (Å²) in [5, 5.41) is 0. The third kappa shape index (κ3) is 2.84. The van der Waals surface area contributed by atoms with Crippen LogP contribution in [-0.4, -0.2) is 48.1 Å². The predicted octanol–water partition coefficient (Wildman–Crippen LogP) is 2.20. The molecule has 4 nitrogen and oxygen atoms in total. The lowest BCUT2D eigenvalue weighted by atomic mass is 10.1. The van der Waals surface area contributed by atoms with E-state index in [1.54, 1.807) is 8.61 Å². The molecule has 2 unspecified atom stereocenters. The molecule has 0 aromatic carbocycles. The van der Waals surface area contributed by atoms with Crippen molar-refractivity contribution in [3.63, 3.8) is 0 Å². The standard InChI is InChI=1S/C12H23ClN2O2S/c1-11-6-2-4-8-14(11)18(16,17)15-9-5-3-7-12(15)10-13/h11-12H,2-10H2,1H3. The summed E-state index contributed by atoms with van der Waals surface area (Å²) in [6.07, 6.45) is 6.01. The fourth-order valence-electron chi connectivity index (χ4n) is 2.98. The second-order valence-electron chi connectivity index (χ2n) is 5.38. The Hall–Kier alpha value is 0.160. The molecule has 6 heteroatoms. The highest BCUT2D eigenvalue weighted by molar-refractivity contribution is 7.86. The van der Waals surface area contributed by atoms with Crippen molar-refractivity contribution < 1.29 is 8.42 Å². The average molecular weight is 295 g/mol. The first kappa shape index (κ1) is 14.6. The highest BCUT2D eigenvalue weighted by atomic mass is 35.5. The van der Waals surface area contributed by atoms with E-state index in [-0.39, 0.29) is 12.1 Å². The molecule has 2 saturated heterocycles. The van der Waals surface area contributed by atoms with Crippen LogP contribution in [0.1, 0.15) is 45.4 Å². The van der Waals surface area contributed by atoms with Gasteiger partial charge in [-0.05, 0) is 32.6 Å². The molecule has 0 aromatic heterocycles. The maximum atomic E-state index is 12.7. The lowest BCUT2D eigenvalue weighted by molar-refractivity contribution is 0.211. The van der Waals surface area contributed by atoms with E-state index in [0.717, 1.165) is 38.5 Å². The van der Waals surface area contributed by atoms with Crippen LogP contribution in [0.3, 0.4) is 0 Å². The smallest absolute Gasteiger partial charge is 0.195 e. The van der Waals surface area contributed by atoms with E-state index < -0.39 is 10.2 Å². The molecule has 0 N–H and O–H groups in total. The van der Waals surface area contributed by atoms with Gasteiger partial charge in [0.05, 0.1) is 0 Å². The van der Waals surface area contributed by atoms with Crippen LogP contribution in [0.2, 0.25) is 0 Å². The first-order valence-electron chi connectivity index (χ1n) is 6.92. The molecule has 0 aromatic rings. The van der Waals surface area contributed by atoms with Gasteiger partial charge in [0.2, 0.25) is 0 Å². The lowest BCUT2D eigenvalue weighted by Gasteiger charge is -2.40. The van der Waals surface area contributed by atoms with E-state index in [2.05, 4.69) is 0 Å². The average Bonchev–Trinajstić information content (AvgIpc) is 2.39. The minimum atomic E-state index is -3.31. The van der Waals surface area contributed by atoms with Crippen molar-refractivity contribution in [2.45, 2.75) is 57.5 Å². The third-order valence-corrected chi connectivity index (χ3v) is 6.65. The second kappa shape index (κ2) is 6.07. The zero-order chi connectivity index (χ0) is 13.2. The van der Waals surface area contributed by atoms with Crippen molar-refractivity contribution in [2.24, 2.45) is 0 Å². The Balaban J connectivity index is 2.17. The summed E-state index contributed by atoms with van der Waals surface area (Å²) in [7, 11) is -3.31. The van der Waals surface area contributed by atoms with Gasteiger partial charge in [-0.15, -0.1) is 11.6 Å². The molecule has 0 amide bonds. The minimum absolute atomic E-state index is 0.0143. The van der Waals surface area contributed by atoms with Gasteiger partial charge in [0.25, 0.3) is 10.2 Å². The molecule has 2 heterocycles. The molecule has 2 aliphatic heterocycles. The Bertz CT molecular complexity index is 374. The van der Waals surface area contributed by atoms with Crippen molar-refractivity contribution >= 4 is 21.8 Å². The van der Waals surface area contributed by atoms with Gasteiger partial charge in [-0.3, -0.25) is 0 Å². The van der Waals surface area contributed by atoms with Crippen LogP contribution in [-0.2, 0) is 10.2 Å². The maximum absolute atomic E-state index is 12.7. The van der Waals surface area contributed by atoms with E-state index in [4.69, 9.17) is 11.6 Å². The van der Waals surface area contributed by atoms with E-state index in [1.165, 1.54) is 0 Å². The maximum Gasteiger partial charge on any atom is 0.282 e. The molecule has 2 atom stereocenters. The largest absolute Gasteiger partial charge is 0.282 e. The Kier molecular flexibility index (Phi) is 4.92. The SMILES string of the molecule is CC1CCCCN1S(=O)(=O)N1CCCCC1CCl. The van der Waals surface area contributed by atoms with Crippen LogP contribution >= 0.6 is 11.6 Å². The van der Waals surface area contributed by atoms with Crippen molar-refractivity contribution in [1.82, 2.24) is 8.61 Å². The summed E-state index contributed by atoms with van der Waals surface area (Å²) in [4.78, 5) is 0. The van der Waals surface area contributed by atoms with Crippen LogP contribution in [0.5, 0.6) is 0 Å². The molecular formula is C12H23ClN2O2S. The van der Waals surface area contributed by atoms with E-state index in [0.29, 0.717) is 19.0 Å². The molecule has 0 aliphatic carbocycles. The fraction of sp³-hybridized carbons (Fsp3) is 1.00. The second-order valence-corrected chi connectivity index (χ2v) is 7.52. The number of piperidine rings is 2. The van der Waals surface area contributed by atoms with Gasteiger partial charge < -0.3 is 0 Å². The van der Waals surface area contributed by atoms with Crippen molar-refractivity contribution in [3.05, 3.63) is 0 Å². The Morgan fingerprint density at radius 3 is 2.28 bits per heavy atom. The van der Waals surface area contributed by atoms with Crippen molar-refractivity contribution in [2.75, 3.05) is 19.0 Å². The zero-order valence-electron chi connectivity index (χ0n) is 11.0. The number of halogens is 1. The first-order chi connectivity index (χ1) is 8.57. The quantitative estimate of drug-likeness (QED) is 0.749. The lowest BCUT2D eigenvalue weighted by Crippen LogP contribution is -2.54. The summed E-state index contributed by atoms with van der Waals surface area (Å²) >= 11 is 5.93. The number of hydrogen-bond acceptors (Lipinski definition) is 2. The summed E-state index contributed by atoms with van der Waals surface area (Å²) in [5.41, 5.74) is 0. The van der Waals surface area contributed by atoms with Gasteiger partial charge in [0.1, 0.15) is 0 Å². The molecule has 0 spiro atoms. The molecule has 2 rings (SSSR count). The molecule has 2 aliphatic rings. The van der Waals surface area contributed by atoms with Gasteiger partial charge in [-0.1, -0.05) is 12.8 Å². The highest BCUT2D eigenvalue weighted by Crippen LogP contribution is 2.27. The Labute approximate surface area is 115 Å². The van der Waals surface area contributed by atoms with Crippen LogP contribution in [0.15, 0.2) is 0 Å². The van der Waals surface area contributed by atoms with Gasteiger partial charge >= 0.3 is 0 Å². The number of nitrogens with zero attached hydrogens (tertiary/aromatic N) is 2. The van der Waals surface area contributed by atoms with Gasteiger partial charge in [0.15, 0.2) is 0 Å². The first-order valence-corrected chi connectivity index (χ1v) is 8.85. The third-order valence-electron chi connectivity index (χ3n) is 4.09. The Morgan fingerprint density at radius 2 is 1.67 bits per heavy atom. The number of rotatable bonds is 3. The van der Waals surface area contributed by atoms with Crippen LogP contribution < -0.4 is 0 Å². The van der Waals surface area contributed by atoms with Gasteiger partial charge in [-0.25, -0.2) is 0 Å². The van der Waals surface area contributed by atoms with Crippen molar-refractivity contribution in [3.8, 4) is 0 Å². The highest BCUT2D eigenvalue weighted by Gasteiger charge is 2.38. The molecular weight excluding hydrogens is 272 g/mol. The summed E-state index contributed by atoms with van der Waals surface area (Å²) in [6, 6.07) is 0.112. The zero-order valence-corrected chi connectivity index (χ0v) is 12.6. The number of hydrogen-bond donors (Lipinski definition) is 0. The minimum Gasteiger partial charge on any atom is -0.195 e. The van der Waals surface area contributed by atoms with E-state index in [9.17, 15) is 8.42 Å². The molecule has 106 valence electrons. The van der Waals surface area contributed by atoms with E-state index >= 15 is 0 Å². The summed E-state index contributed by atoms with van der Waals surface area (Å²) in [6.45, 7) is 3.30. The number of alkyl halides is 1. The summed E-state index contributed by atoms with van der Waals surface area (Å²) in [5.74, 6) is 0.404. The normalized spacial score (nSPS) is 32.6. The van der Waals surface area contributed by atoms with Crippen molar-refractivity contribution in [1.29, 1.82) is 0 Å². The molecule has 0 radical (unpaired) electrons. The fourth-order valence-corrected chi connectivity index (χ4v) is 5.49. The molecule has 2 fully saturated rings. The van der Waals surface area contributed by atoms with Crippen LogP contribution in [0.25, 0.3) is 0 Å². The topological polar surface area (TPSA) is 40.6 Å². The molecule has 0 saturated carbocycles. The monoisotopic (exact) mass is 294 g/mol. The van der Waals surface area contributed by atoms with Crippen LogP contribution in [0, 0.1) is 0 Å². The van der Waals surface area contributed by atoms with Crippen LogP contribution in [0.4, 0.5) is 0 Å². The van der Waals surface area contributed by atoms with Gasteiger partial charge in [-0.2, -0.15) is 17.0 Å². The van der Waals surface area contributed by atoms with E-state index in [1.807, 2.05) is 6.92 Å². The Morgan fingerprint density at radius 1 is 1.06 bits per heavy atom. The molecule has 18 heavy (non-hydrogen) atoms. The molecule has 0 bridgehead atoms.